The van der Waals surface area contributed by atoms with Gasteiger partial charge in [-0.15, -0.1) is 0 Å². The maximum Gasteiger partial charge on any atom is 0.335 e. The van der Waals surface area contributed by atoms with E-state index < -0.39 is 17.8 Å². The lowest BCUT2D eigenvalue weighted by Crippen LogP contribution is -2.54. The average molecular weight is 436 g/mol. The summed E-state index contributed by atoms with van der Waals surface area (Å²) in [7, 11) is 0. The Kier molecular flexibility index (Phi) is 4.84. The number of hydrogen-bond donors (Lipinski definition) is 2. The number of aryl methyl sites for hydroxylation is 1. The van der Waals surface area contributed by atoms with Crippen LogP contribution in [0.15, 0.2) is 46.4 Å². The number of nitrogens with one attached hydrogen (secondary N) is 1. The molecule has 1 fully saturated rings. The number of anilines is 1. The minimum atomic E-state index is -0.814. The van der Waals surface area contributed by atoms with Crippen LogP contribution in [-0.2, 0) is 9.59 Å². The fourth-order valence-electron chi connectivity index (χ4n) is 2.42. The lowest BCUT2D eigenvalue weighted by atomic mass is 10.1. The van der Waals surface area contributed by atoms with Gasteiger partial charge in [0, 0.05) is 0 Å². The van der Waals surface area contributed by atoms with Gasteiger partial charge in [-0.3, -0.25) is 14.9 Å². The zero-order chi connectivity index (χ0) is 19.0. The summed E-state index contributed by atoms with van der Waals surface area (Å²) in [5.41, 5.74) is 1.51. The van der Waals surface area contributed by atoms with Gasteiger partial charge in [-0.25, -0.2) is 9.69 Å². The number of imide groups is 2. The van der Waals surface area contributed by atoms with E-state index in [9.17, 15) is 19.5 Å². The minimum absolute atomic E-state index is 0.0568. The van der Waals surface area contributed by atoms with Crippen LogP contribution in [0.3, 0.4) is 0 Å². The van der Waals surface area contributed by atoms with Gasteiger partial charge in [0.2, 0.25) is 0 Å². The number of aromatic hydroxyl groups is 1. The highest BCUT2D eigenvalue weighted by Crippen LogP contribution is 2.34. The molecule has 0 atom stereocenters. The van der Waals surface area contributed by atoms with Crippen molar-refractivity contribution in [2.24, 2.45) is 0 Å². The van der Waals surface area contributed by atoms with Gasteiger partial charge >= 0.3 is 6.03 Å². The molecule has 2 aromatic carbocycles. The maximum atomic E-state index is 12.8. The predicted molar refractivity (Wildman–Crippen MR) is 101 cm³/mol. The van der Waals surface area contributed by atoms with Crippen molar-refractivity contribution < 1.29 is 19.5 Å². The third kappa shape index (κ3) is 3.36. The monoisotopic (exact) mass is 434 g/mol. The third-order valence-electron chi connectivity index (χ3n) is 3.74. The Balaban J connectivity index is 2.04. The molecule has 2 N–H and O–H groups in total. The molecule has 1 saturated heterocycles. The number of amides is 4. The van der Waals surface area contributed by atoms with Crippen LogP contribution in [-0.4, -0.2) is 23.0 Å². The van der Waals surface area contributed by atoms with Crippen molar-refractivity contribution in [1.29, 1.82) is 0 Å². The zero-order valence-electron chi connectivity index (χ0n) is 13.4. The topological polar surface area (TPSA) is 86.7 Å². The van der Waals surface area contributed by atoms with E-state index in [1.807, 2.05) is 6.92 Å². The highest BCUT2D eigenvalue weighted by atomic mass is 79.9. The van der Waals surface area contributed by atoms with Crippen LogP contribution in [0.4, 0.5) is 10.5 Å². The van der Waals surface area contributed by atoms with Gasteiger partial charge in [-0.2, -0.15) is 0 Å². The largest absolute Gasteiger partial charge is 0.505 e. The van der Waals surface area contributed by atoms with Crippen molar-refractivity contribution in [2.45, 2.75) is 6.92 Å². The van der Waals surface area contributed by atoms with Crippen molar-refractivity contribution in [3.8, 4) is 5.75 Å². The van der Waals surface area contributed by atoms with Crippen LogP contribution in [0, 0.1) is 6.92 Å². The molecular weight excluding hydrogens is 424 g/mol. The quantitative estimate of drug-likeness (QED) is 0.555. The van der Waals surface area contributed by atoms with E-state index in [-0.39, 0.29) is 16.3 Å². The first-order chi connectivity index (χ1) is 12.3. The maximum absolute atomic E-state index is 12.8. The number of urea groups is 1. The van der Waals surface area contributed by atoms with E-state index in [0.29, 0.717) is 15.7 Å². The van der Waals surface area contributed by atoms with E-state index in [2.05, 4.69) is 21.2 Å². The molecule has 0 radical (unpaired) electrons. The third-order valence-corrected chi connectivity index (χ3v) is 4.64. The Morgan fingerprint density at radius 3 is 2.42 bits per heavy atom. The van der Waals surface area contributed by atoms with Gasteiger partial charge in [0.05, 0.1) is 15.2 Å². The van der Waals surface area contributed by atoms with Crippen molar-refractivity contribution in [3.63, 3.8) is 0 Å². The average Bonchev–Trinajstić information content (AvgIpc) is 2.58. The van der Waals surface area contributed by atoms with Gasteiger partial charge in [0.15, 0.2) is 0 Å². The van der Waals surface area contributed by atoms with Crippen molar-refractivity contribution in [1.82, 2.24) is 5.32 Å². The number of phenolic OH excluding ortho intramolecular Hbond substituents is 1. The molecule has 0 aliphatic carbocycles. The van der Waals surface area contributed by atoms with E-state index in [4.69, 9.17) is 11.6 Å². The molecule has 0 aromatic heterocycles. The van der Waals surface area contributed by atoms with Crippen molar-refractivity contribution in [2.75, 3.05) is 4.90 Å². The van der Waals surface area contributed by atoms with Crippen molar-refractivity contribution >= 4 is 57.1 Å². The molecule has 0 unspecified atom stereocenters. The molecule has 26 heavy (non-hydrogen) atoms. The molecule has 8 heteroatoms. The van der Waals surface area contributed by atoms with Gasteiger partial charge in [0.1, 0.15) is 11.3 Å². The summed E-state index contributed by atoms with van der Waals surface area (Å²) in [5, 5.41) is 11.9. The number of rotatable bonds is 2. The van der Waals surface area contributed by atoms with Crippen LogP contribution >= 0.6 is 27.5 Å². The number of nitrogens with zero attached hydrogens (tertiary/aromatic N) is 1. The summed E-state index contributed by atoms with van der Waals surface area (Å²) >= 11 is 9.06. The first-order valence-electron chi connectivity index (χ1n) is 7.44. The standard InChI is InChI=1S/C18H12BrClN2O4/c1-9-2-4-11(5-3-9)22-17(25)12(16(24)21-18(22)26)6-10-7-13(19)15(23)14(20)8-10/h2-8,23H,1H3,(H,21,24,26)/b12-6+. The Morgan fingerprint density at radius 1 is 1.15 bits per heavy atom. The fourth-order valence-corrected chi connectivity index (χ4v) is 3.24. The Hall–Kier alpha value is -2.64. The second-order valence-corrected chi connectivity index (χ2v) is 6.89. The predicted octanol–water partition coefficient (Wildman–Crippen LogP) is 3.78. The molecule has 3 rings (SSSR count). The van der Waals surface area contributed by atoms with E-state index in [1.165, 1.54) is 18.2 Å². The van der Waals surface area contributed by atoms with Crippen LogP contribution in [0.25, 0.3) is 6.08 Å². The summed E-state index contributed by atoms with van der Waals surface area (Å²) in [4.78, 5) is 37.9. The van der Waals surface area contributed by atoms with Crippen LogP contribution in [0.5, 0.6) is 5.75 Å². The molecule has 2 aromatic rings. The van der Waals surface area contributed by atoms with E-state index >= 15 is 0 Å². The van der Waals surface area contributed by atoms with E-state index in [1.54, 1.807) is 24.3 Å². The number of carbonyl (C=O) groups excluding carboxylic acids is 3. The Morgan fingerprint density at radius 2 is 1.81 bits per heavy atom. The molecular formula is C18H12BrClN2O4. The molecule has 6 nitrogen and oxygen atoms in total. The summed E-state index contributed by atoms with van der Waals surface area (Å²) in [6.45, 7) is 1.88. The summed E-state index contributed by atoms with van der Waals surface area (Å²) in [5.74, 6) is -1.70. The zero-order valence-corrected chi connectivity index (χ0v) is 15.8. The van der Waals surface area contributed by atoms with Gasteiger partial charge < -0.3 is 5.11 Å². The van der Waals surface area contributed by atoms with Gasteiger partial charge in [-0.05, 0) is 58.8 Å². The normalized spacial score (nSPS) is 16.2. The molecule has 0 saturated carbocycles. The lowest BCUT2D eigenvalue weighted by molar-refractivity contribution is -0.122. The number of hydrogen-bond acceptors (Lipinski definition) is 4. The van der Waals surface area contributed by atoms with Crippen LogP contribution < -0.4 is 10.2 Å². The summed E-state index contributed by atoms with van der Waals surface area (Å²) in [6, 6.07) is 8.84. The first-order valence-corrected chi connectivity index (χ1v) is 8.61. The smallest absolute Gasteiger partial charge is 0.335 e. The second kappa shape index (κ2) is 6.93. The number of barbiturate groups is 1. The SMILES string of the molecule is Cc1ccc(N2C(=O)NC(=O)/C(=C\c3cc(Cl)c(O)c(Br)c3)C2=O)cc1. The molecule has 1 aliphatic rings. The van der Waals surface area contributed by atoms with Gasteiger partial charge in [-0.1, -0.05) is 29.3 Å². The molecule has 4 amide bonds. The molecule has 132 valence electrons. The molecule has 1 heterocycles. The highest BCUT2D eigenvalue weighted by Gasteiger charge is 2.36. The first kappa shape index (κ1) is 18.2. The van der Waals surface area contributed by atoms with Gasteiger partial charge in [0.25, 0.3) is 11.8 Å². The number of benzene rings is 2. The fraction of sp³-hybridized carbons (Fsp3) is 0.0556. The Bertz CT molecular complexity index is 947. The molecule has 0 spiro atoms. The molecule has 0 bridgehead atoms. The van der Waals surface area contributed by atoms with E-state index in [0.717, 1.165) is 10.5 Å². The van der Waals surface area contributed by atoms with Crippen molar-refractivity contribution in [3.05, 3.63) is 62.6 Å². The molecule has 1 aliphatic heterocycles. The summed E-state index contributed by atoms with van der Waals surface area (Å²) in [6.07, 6.45) is 1.31. The lowest BCUT2D eigenvalue weighted by Gasteiger charge is -2.26. The minimum Gasteiger partial charge on any atom is -0.505 e. The van der Waals surface area contributed by atoms with Crippen LogP contribution in [0.2, 0.25) is 5.02 Å². The second-order valence-electron chi connectivity index (χ2n) is 5.63. The summed E-state index contributed by atoms with van der Waals surface area (Å²) < 4.78 is 0.312. The number of carbonyl (C=O) groups is 3. The highest BCUT2D eigenvalue weighted by molar-refractivity contribution is 9.10. The van der Waals surface area contributed by atoms with Crippen LogP contribution in [0.1, 0.15) is 11.1 Å². The Labute approximate surface area is 162 Å². The number of halogens is 2. The number of phenols is 1.